The summed E-state index contributed by atoms with van der Waals surface area (Å²) in [6, 6.07) is 4.20. The Bertz CT molecular complexity index is 490. The molecular formula is C16H22ClNO2. The molecule has 0 aliphatic carbocycles. The molecule has 1 aromatic rings. The molecule has 1 saturated heterocycles. The van der Waals surface area contributed by atoms with Crippen LogP contribution in [0.3, 0.4) is 0 Å². The van der Waals surface area contributed by atoms with Gasteiger partial charge in [-0.1, -0.05) is 25.4 Å². The molecule has 0 spiro atoms. The smallest absolute Gasteiger partial charge is 0.179 e. The van der Waals surface area contributed by atoms with E-state index in [-0.39, 0.29) is 0 Å². The molecule has 1 N–H and O–H groups in total. The molecule has 20 heavy (non-hydrogen) atoms. The van der Waals surface area contributed by atoms with Gasteiger partial charge in [0.25, 0.3) is 0 Å². The summed E-state index contributed by atoms with van der Waals surface area (Å²) in [5, 5.41) is 4.18. The number of hydrogen-bond acceptors (Lipinski definition) is 3. The minimum Gasteiger partial charge on any atom is -0.486 e. The maximum Gasteiger partial charge on any atom is 0.179 e. The van der Waals surface area contributed by atoms with Crippen molar-refractivity contribution in [3.8, 4) is 11.5 Å². The third-order valence-corrected chi connectivity index (χ3v) is 4.71. The second-order valence-electron chi connectivity index (χ2n) is 6.03. The molecule has 2 unspecified atom stereocenters. The minimum absolute atomic E-state index is 0.546. The van der Waals surface area contributed by atoms with Crippen LogP contribution in [0.2, 0.25) is 5.02 Å². The van der Waals surface area contributed by atoms with Gasteiger partial charge >= 0.3 is 0 Å². The van der Waals surface area contributed by atoms with Gasteiger partial charge in [0.2, 0.25) is 0 Å². The topological polar surface area (TPSA) is 30.5 Å². The fraction of sp³-hybridized carbons (Fsp3) is 0.625. The predicted molar refractivity (Wildman–Crippen MR) is 81.0 cm³/mol. The Kier molecular flexibility index (Phi) is 4.08. The largest absolute Gasteiger partial charge is 0.486 e. The molecule has 2 heterocycles. The number of benzene rings is 1. The molecule has 110 valence electrons. The van der Waals surface area contributed by atoms with E-state index < -0.39 is 0 Å². The van der Waals surface area contributed by atoms with E-state index in [0.717, 1.165) is 25.3 Å². The number of piperidine rings is 1. The van der Waals surface area contributed by atoms with Crippen LogP contribution in [0.25, 0.3) is 0 Å². The van der Waals surface area contributed by atoms with E-state index in [1.807, 2.05) is 0 Å². The first kappa shape index (κ1) is 14.0. The van der Waals surface area contributed by atoms with Crippen molar-refractivity contribution in [2.75, 3.05) is 26.3 Å². The average Bonchev–Trinajstić information content (AvgIpc) is 2.47. The second kappa shape index (κ2) is 5.82. The Morgan fingerprint density at radius 1 is 1.25 bits per heavy atom. The maximum absolute atomic E-state index is 6.37. The minimum atomic E-state index is 0.546. The molecule has 2 aliphatic heterocycles. The molecule has 2 aliphatic rings. The van der Waals surface area contributed by atoms with Crippen LogP contribution in [0.5, 0.6) is 11.5 Å². The highest BCUT2D eigenvalue weighted by atomic mass is 35.5. The molecule has 1 fully saturated rings. The van der Waals surface area contributed by atoms with Crippen LogP contribution in [0, 0.1) is 11.8 Å². The van der Waals surface area contributed by atoms with Crippen molar-refractivity contribution in [2.45, 2.75) is 26.2 Å². The zero-order valence-corrected chi connectivity index (χ0v) is 12.9. The third-order valence-electron chi connectivity index (χ3n) is 4.43. The summed E-state index contributed by atoms with van der Waals surface area (Å²) < 4.78 is 11.3. The first-order chi connectivity index (χ1) is 9.66. The highest BCUT2D eigenvalue weighted by Crippen LogP contribution is 2.43. The molecule has 2 atom stereocenters. The molecule has 0 bridgehead atoms. The highest BCUT2D eigenvalue weighted by Gasteiger charge is 2.30. The van der Waals surface area contributed by atoms with Crippen molar-refractivity contribution in [3.05, 3.63) is 22.7 Å². The molecule has 0 radical (unpaired) electrons. The zero-order valence-electron chi connectivity index (χ0n) is 12.1. The number of hydrogen-bond donors (Lipinski definition) is 1. The van der Waals surface area contributed by atoms with Crippen LogP contribution in [-0.4, -0.2) is 26.3 Å². The van der Waals surface area contributed by atoms with Gasteiger partial charge in [0.15, 0.2) is 11.5 Å². The third kappa shape index (κ3) is 2.61. The van der Waals surface area contributed by atoms with Gasteiger partial charge in [-0.3, -0.25) is 0 Å². The van der Waals surface area contributed by atoms with E-state index in [1.165, 1.54) is 5.56 Å². The molecule has 0 saturated carbocycles. The number of rotatable bonds is 2. The number of halogens is 1. The Morgan fingerprint density at radius 3 is 2.85 bits per heavy atom. The summed E-state index contributed by atoms with van der Waals surface area (Å²) in [5.41, 5.74) is 1.29. The summed E-state index contributed by atoms with van der Waals surface area (Å²) in [5.74, 6) is 3.35. The van der Waals surface area contributed by atoms with E-state index in [4.69, 9.17) is 21.1 Å². The molecule has 0 aromatic heterocycles. The summed E-state index contributed by atoms with van der Waals surface area (Å²) in [7, 11) is 0. The van der Waals surface area contributed by atoms with Gasteiger partial charge in [-0.25, -0.2) is 0 Å². The Labute approximate surface area is 125 Å². The molecular weight excluding hydrogens is 274 g/mol. The van der Waals surface area contributed by atoms with Crippen LogP contribution < -0.4 is 14.8 Å². The number of ether oxygens (including phenoxy) is 2. The summed E-state index contributed by atoms with van der Waals surface area (Å²) in [6.07, 6.45) is 1.15. The van der Waals surface area contributed by atoms with Gasteiger partial charge in [-0.15, -0.1) is 0 Å². The van der Waals surface area contributed by atoms with E-state index in [0.29, 0.717) is 41.7 Å². The summed E-state index contributed by atoms with van der Waals surface area (Å²) >= 11 is 6.37. The monoisotopic (exact) mass is 295 g/mol. The quantitative estimate of drug-likeness (QED) is 0.906. The van der Waals surface area contributed by atoms with E-state index in [2.05, 4.69) is 31.3 Å². The Morgan fingerprint density at radius 2 is 2.05 bits per heavy atom. The highest BCUT2D eigenvalue weighted by molar-refractivity contribution is 6.32. The van der Waals surface area contributed by atoms with Crippen LogP contribution in [0.15, 0.2) is 12.1 Å². The number of fused-ring (bicyclic) bond motifs is 1. The van der Waals surface area contributed by atoms with E-state index >= 15 is 0 Å². The van der Waals surface area contributed by atoms with Crippen LogP contribution in [-0.2, 0) is 0 Å². The van der Waals surface area contributed by atoms with Crippen molar-refractivity contribution in [3.63, 3.8) is 0 Å². The normalized spacial score (nSPS) is 25.8. The fourth-order valence-electron chi connectivity index (χ4n) is 3.34. The lowest BCUT2D eigenvalue weighted by Gasteiger charge is -2.36. The first-order valence-electron chi connectivity index (χ1n) is 7.46. The maximum atomic E-state index is 6.37. The molecule has 3 nitrogen and oxygen atoms in total. The van der Waals surface area contributed by atoms with Gasteiger partial charge in [0, 0.05) is 0 Å². The Hall–Kier alpha value is -0.930. The van der Waals surface area contributed by atoms with E-state index in [9.17, 15) is 0 Å². The lowest BCUT2D eigenvalue weighted by atomic mass is 9.75. The summed E-state index contributed by atoms with van der Waals surface area (Å²) in [4.78, 5) is 0. The van der Waals surface area contributed by atoms with Crippen molar-refractivity contribution in [1.82, 2.24) is 5.32 Å². The van der Waals surface area contributed by atoms with Gasteiger partial charge in [-0.05, 0) is 55.0 Å². The molecule has 1 aromatic carbocycles. The SMILES string of the molecule is CC(C)C1CNCCC1c1cc(Cl)c2c(c1)OCCO2. The van der Waals surface area contributed by atoms with Gasteiger partial charge in [-0.2, -0.15) is 0 Å². The fourth-order valence-corrected chi connectivity index (χ4v) is 3.62. The van der Waals surface area contributed by atoms with Crippen LogP contribution in [0.4, 0.5) is 0 Å². The van der Waals surface area contributed by atoms with Gasteiger partial charge < -0.3 is 14.8 Å². The van der Waals surface area contributed by atoms with Gasteiger partial charge in [0.05, 0.1) is 5.02 Å². The van der Waals surface area contributed by atoms with Crippen molar-refractivity contribution in [1.29, 1.82) is 0 Å². The van der Waals surface area contributed by atoms with Crippen LogP contribution >= 0.6 is 11.6 Å². The summed E-state index contributed by atoms with van der Waals surface area (Å²) in [6.45, 7) is 7.92. The Balaban J connectivity index is 1.94. The standard InChI is InChI=1S/C16H22ClNO2/c1-10(2)13-9-18-4-3-12(13)11-7-14(17)16-15(8-11)19-5-6-20-16/h7-8,10,12-13,18H,3-6,9H2,1-2H3. The first-order valence-corrected chi connectivity index (χ1v) is 7.84. The predicted octanol–water partition coefficient (Wildman–Crippen LogP) is 3.46. The average molecular weight is 296 g/mol. The van der Waals surface area contributed by atoms with Crippen LogP contribution in [0.1, 0.15) is 31.7 Å². The zero-order chi connectivity index (χ0) is 14.1. The lowest BCUT2D eigenvalue weighted by Crippen LogP contribution is -2.38. The van der Waals surface area contributed by atoms with Crippen molar-refractivity contribution in [2.24, 2.45) is 11.8 Å². The van der Waals surface area contributed by atoms with Crippen molar-refractivity contribution < 1.29 is 9.47 Å². The second-order valence-corrected chi connectivity index (χ2v) is 6.44. The molecule has 4 heteroatoms. The van der Waals surface area contributed by atoms with E-state index in [1.54, 1.807) is 0 Å². The van der Waals surface area contributed by atoms with Crippen molar-refractivity contribution >= 4 is 11.6 Å². The molecule has 3 rings (SSSR count). The number of nitrogens with one attached hydrogen (secondary N) is 1. The lowest BCUT2D eigenvalue weighted by molar-refractivity contribution is 0.171. The molecule has 0 amide bonds. The van der Waals surface area contributed by atoms with Gasteiger partial charge in [0.1, 0.15) is 13.2 Å².